The molecule has 0 spiro atoms. The van der Waals surface area contributed by atoms with Crippen molar-refractivity contribution in [3.05, 3.63) is 30.6 Å². The molecule has 1 aromatic carbocycles. The maximum Gasteiger partial charge on any atom is 0.491 e. The monoisotopic (exact) mass is 524 g/mol. The number of aromatic nitrogens is 1. The van der Waals surface area contributed by atoms with E-state index in [4.69, 9.17) is 23.2 Å². The van der Waals surface area contributed by atoms with Gasteiger partial charge < -0.3 is 21.5 Å². The largest absolute Gasteiger partial charge is 0.491 e. The number of primary amides is 1. The molecule has 2 rings (SSSR count). The number of sulfonamides is 1. The van der Waals surface area contributed by atoms with Crippen molar-refractivity contribution in [3.8, 4) is 0 Å². The number of alkyl halides is 3. The third kappa shape index (κ3) is 7.00. The molecule has 1 amide bonds. The molecule has 1 aromatic heterocycles. The van der Waals surface area contributed by atoms with Gasteiger partial charge in [0.15, 0.2) is 0 Å². The second-order valence-corrected chi connectivity index (χ2v) is 8.43. The van der Waals surface area contributed by atoms with Gasteiger partial charge in [-0.1, -0.05) is 6.07 Å². The number of carbonyl (C=O) groups is 3. The summed E-state index contributed by atoms with van der Waals surface area (Å²) in [7, 11) is -4.57. The first-order chi connectivity index (χ1) is 15.7. The van der Waals surface area contributed by atoms with E-state index in [1.165, 1.54) is 18.5 Å². The van der Waals surface area contributed by atoms with Gasteiger partial charge in [0.05, 0.1) is 16.8 Å². The van der Waals surface area contributed by atoms with E-state index in [-0.39, 0.29) is 11.3 Å². The fraction of sp³-hybridized carbons (Fsp3) is 0.235. The summed E-state index contributed by atoms with van der Waals surface area (Å²) in [6, 6.07) is 1.58. The van der Waals surface area contributed by atoms with Crippen LogP contribution >= 0.6 is 11.8 Å². The number of esters is 2. The summed E-state index contributed by atoms with van der Waals surface area (Å²) in [5.41, 5.74) is 10.8. The molecule has 17 heteroatoms. The van der Waals surface area contributed by atoms with E-state index >= 15 is 0 Å². The molecule has 184 valence electrons. The number of nitrogens with two attached hydrogens (primary N) is 2. The third-order valence-corrected chi connectivity index (χ3v) is 5.73. The topological polar surface area (TPSA) is 196 Å². The zero-order chi connectivity index (χ0) is 25.7. The Morgan fingerprint density at radius 1 is 1.21 bits per heavy atom. The fourth-order valence-electron chi connectivity index (χ4n) is 2.57. The summed E-state index contributed by atoms with van der Waals surface area (Å²) in [5.74, 6) is -5.86. The van der Waals surface area contributed by atoms with Crippen LogP contribution in [-0.2, 0) is 29.1 Å². The minimum Gasteiger partial charge on any atom is -0.385 e. The van der Waals surface area contributed by atoms with E-state index in [1.807, 2.05) is 4.72 Å². The standard InChI is InChI=1S/C17H16ClF3N6O6S/c18-26-16(23)25-12-7-24-6-8-5-9(1-2-10(8)12)34(31,32)27-11(3-4-13(22)28)14(29)33-15(30)17(19,20)21/h1-2,5-7,11,27H,3-4H2,(H2,22,28)(H3,23,25,26)/t11-/m0/s1. The summed E-state index contributed by atoms with van der Waals surface area (Å²) in [6.45, 7) is 0. The molecule has 0 aliphatic carbocycles. The predicted octanol–water partition coefficient (Wildman–Crippen LogP) is 0.660. The highest BCUT2D eigenvalue weighted by molar-refractivity contribution is 7.89. The first-order valence-electron chi connectivity index (χ1n) is 8.97. The third-order valence-electron chi connectivity index (χ3n) is 4.08. The summed E-state index contributed by atoms with van der Waals surface area (Å²) in [5, 5.41) is 3.36. The Balaban J connectivity index is 2.36. The van der Waals surface area contributed by atoms with Gasteiger partial charge in [0.1, 0.15) is 6.04 Å². The van der Waals surface area contributed by atoms with E-state index in [0.29, 0.717) is 11.1 Å². The molecule has 1 heterocycles. The average molecular weight is 525 g/mol. The number of anilines is 1. The van der Waals surface area contributed by atoms with E-state index < -0.39 is 57.8 Å². The Bertz CT molecular complexity index is 1250. The SMILES string of the molecule is NC(=O)CC[C@H](NS(=O)(=O)c1ccc2c(NC(N)=NCl)cncc2c1)C(=O)OC(=O)C(F)(F)F. The van der Waals surface area contributed by atoms with Crippen LogP contribution in [0.3, 0.4) is 0 Å². The fourth-order valence-corrected chi connectivity index (χ4v) is 3.86. The van der Waals surface area contributed by atoms with Gasteiger partial charge in [0.25, 0.3) is 0 Å². The Morgan fingerprint density at radius 3 is 2.47 bits per heavy atom. The Labute approximate surface area is 194 Å². The molecular formula is C17H16ClF3N6O6S. The second kappa shape index (κ2) is 10.6. The van der Waals surface area contributed by atoms with Gasteiger partial charge in [-0.15, -0.1) is 4.51 Å². The first kappa shape index (κ1) is 26.7. The number of nitrogens with zero attached hydrogens (tertiary/aromatic N) is 2. The molecule has 0 aliphatic rings. The molecular weight excluding hydrogens is 509 g/mol. The lowest BCUT2D eigenvalue weighted by Gasteiger charge is -2.17. The molecule has 34 heavy (non-hydrogen) atoms. The van der Waals surface area contributed by atoms with Crippen molar-refractivity contribution in [1.82, 2.24) is 9.71 Å². The number of hydrogen-bond donors (Lipinski definition) is 4. The highest BCUT2D eigenvalue weighted by Gasteiger charge is 2.43. The van der Waals surface area contributed by atoms with E-state index in [2.05, 4.69) is 19.5 Å². The number of amides is 1. The molecule has 6 N–H and O–H groups in total. The molecule has 0 saturated heterocycles. The lowest BCUT2D eigenvalue weighted by molar-refractivity contribution is -0.202. The second-order valence-electron chi connectivity index (χ2n) is 6.55. The van der Waals surface area contributed by atoms with Gasteiger partial charge in [-0.3, -0.25) is 9.78 Å². The van der Waals surface area contributed by atoms with Crippen LogP contribution in [0.4, 0.5) is 18.9 Å². The summed E-state index contributed by atoms with van der Waals surface area (Å²) >= 11 is 5.26. The number of guanidine groups is 1. The van der Waals surface area contributed by atoms with Crippen molar-refractivity contribution >= 4 is 62.1 Å². The molecule has 2 aromatic rings. The van der Waals surface area contributed by atoms with Crippen molar-refractivity contribution in [2.75, 3.05) is 5.32 Å². The van der Waals surface area contributed by atoms with Crippen molar-refractivity contribution < 1.29 is 40.7 Å². The number of benzene rings is 1. The van der Waals surface area contributed by atoms with Crippen LogP contribution in [0.1, 0.15) is 12.8 Å². The zero-order valence-electron chi connectivity index (χ0n) is 16.8. The number of carbonyl (C=O) groups excluding carboxylic acids is 3. The predicted molar refractivity (Wildman–Crippen MR) is 113 cm³/mol. The minimum absolute atomic E-state index is 0.168. The lowest BCUT2D eigenvalue weighted by atomic mass is 10.1. The van der Waals surface area contributed by atoms with Crippen LogP contribution in [0.2, 0.25) is 0 Å². The van der Waals surface area contributed by atoms with E-state index in [1.54, 1.807) is 0 Å². The number of rotatable bonds is 8. The van der Waals surface area contributed by atoms with Crippen LogP contribution in [0.15, 0.2) is 40.0 Å². The Morgan fingerprint density at radius 2 is 1.88 bits per heavy atom. The number of ether oxygens (including phenoxy) is 1. The minimum atomic E-state index is -5.50. The number of nitrogens with one attached hydrogen (secondary N) is 2. The average Bonchev–Trinajstić information content (AvgIpc) is 2.75. The number of halogens is 4. The zero-order valence-corrected chi connectivity index (χ0v) is 18.4. The number of fused-ring (bicyclic) bond motifs is 1. The summed E-state index contributed by atoms with van der Waals surface area (Å²) in [6.07, 6.45) is -4.11. The molecule has 12 nitrogen and oxygen atoms in total. The number of pyridine rings is 1. The molecule has 0 radical (unpaired) electrons. The maximum absolute atomic E-state index is 12.8. The smallest absolute Gasteiger partial charge is 0.385 e. The van der Waals surface area contributed by atoms with Gasteiger partial charge in [0, 0.05) is 35.2 Å². The molecule has 0 bridgehead atoms. The highest BCUT2D eigenvalue weighted by atomic mass is 35.5. The van der Waals surface area contributed by atoms with Gasteiger partial charge in [-0.25, -0.2) is 18.0 Å². The van der Waals surface area contributed by atoms with Crippen molar-refractivity contribution in [3.63, 3.8) is 0 Å². The maximum atomic E-state index is 12.8. The van der Waals surface area contributed by atoms with Crippen LogP contribution in [-0.4, -0.2) is 49.4 Å². The van der Waals surface area contributed by atoms with E-state index in [0.717, 1.165) is 12.1 Å². The first-order valence-corrected chi connectivity index (χ1v) is 10.8. The summed E-state index contributed by atoms with van der Waals surface area (Å²) in [4.78, 5) is 37.5. The van der Waals surface area contributed by atoms with Crippen molar-refractivity contribution in [1.29, 1.82) is 0 Å². The number of hydrogen-bond acceptors (Lipinski definition) is 8. The van der Waals surface area contributed by atoms with E-state index in [9.17, 15) is 36.0 Å². The van der Waals surface area contributed by atoms with Crippen LogP contribution in [0, 0.1) is 0 Å². The van der Waals surface area contributed by atoms with Crippen molar-refractivity contribution in [2.24, 2.45) is 16.0 Å². The van der Waals surface area contributed by atoms with Crippen molar-refractivity contribution in [2.45, 2.75) is 30.0 Å². The van der Waals surface area contributed by atoms with Crippen LogP contribution in [0.25, 0.3) is 10.8 Å². The summed E-state index contributed by atoms with van der Waals surface area (Å²) < 4.78 is 71.5. The molecule has 0 aliphatic heterocycles. The normalized spacial score (nSPS) is 13.4. The highest BCUT2D eigenvalue weighted by Crippen LogP contribution is 2.25. The molecule has 0 fully saturated rings. The van der Waals surface area contributed by atoms with Crippen LogP contribution in [0.5, 0.6) is 0 Å². The Hall–Kier alpha value is -3.50. The van der Waals surface area contributed by atoms with Gasteiger partial charge in [-0.05, 0) is 18.6 Å². The molecule has 0 unspecified atom stereocenters. The van der Waals surface area contributed by atoms with Crippen LogP contribution < -0.4 is 21.5 Å². The molecule has 0 saturated carbocycles. The van der Waals surface area contributed by atoms with Gasteiger partial charge >= 0.3 is 18.1 Å². The lowest BCUT2D eigenvalue weighted by Crippen LogP contribution is -2.44. The molecule has 1 atom stereocenters. The van der Waals surface area contributed by atoms with Gasteiger partial charge in [0.2, 0.25) is 21.9 Å². The quantitative estimate of drug-likeness (QED) is 0.166. The van der Waals surface area contributed by atoms with Gasteiger partial charge in [-0.2, -0.15) is 17.9 Å². The Kier molecular flexibility index (Phi) is 8.36.